The van der Waals surface area contributed by atoms with Crippen molar-refractivity contribution in [2.24, 2.45) is 0 Å². The number of piperidine rings is 1. The average molecular weight is 382 g/mol. The second-order valence-corrected chi connectivity index (χ2v) is 7.49. The molecule has 0 bridgehead atoms. The number of aromatic amines is 1. The summed E-state index contributed by atoms with van der Waals surface area (Å²) in [6.45, 7) is 3.44. The van der Waals surface area contributed by atoms with Gasteiger partial charge in [-0.25, -0.2) is 4.98 Å². The van der Waals surface area contributed by atoms with Gasteiger partial charge in [-0.05, 0) is 18.4 Å². The highest BCUT2D eigenvalue weighted by Gasteiger charge is 2.34. The van der Waals surface area contributed by atoms with Crippen molar-refractivity contribution in [2.45, 2.75) is 37.8 Å². The minimum atomic E-state index is -0.409. The van der Waals surface area contributed by atoms with Crippen LogP contribution in [0.4, 0.5) is 0 Å². The first-order valence-corrected chi connectivity index (χ1v) is 9.89. The number of carbonyl (C=O) groups excluding carboxylic acids is 2. The second-order valence-electron chi connectivity index (χ2n) is 7.49. The fraction of sp³-hybridized carbons (Fsp3) is 0.500. The molecule has 1 aromatic carbocycles. The standard InChI is InChI=1S/C20H26N6O2/c27-18(25-9-6-16(7-10-25)19-22-14-23-24-19)12-17-20(28)21-8-11-26(17)13-15-4-2-1-3-5-15/h1-5,14,16-17H,6-13H2,(H,21,28)(H,22,23,24). The van der Waals surface area contributed by atoms with Crippen LogP contribution in [0.1, 0.15) is 36.6 Å². The number of carbonyl (C=O) groups is 2. The molecule has 1 unspecified atom stereocenters. The molecule has 1 atom stereocenters. The number of rotatable bonds is 5. The van der Waals surface area contributed by atoms with Crippen LogP contribution in [0.15, 0.2) is 36.7 Å². The lowest BCUT2D eigenvalue weighted by Crippen LogP contribution is -2.56. The summed E-state index contributed by atoms with van der Waals surface area (Å²) in [4.78, 5) is 33.6. The summed E-state index contributed by atoms with van der Waals surface area (Å²) in [5.41, 5.74) is 1.16. The van der Waals surface area contributed by atoms with Gasteiger partial charge in [0.1, 0.15) is 12.2 Å². The van der Waals surface area contributed by atoms with E-state index in [1.165, 1.54) is 6.33 Å². The maximum Gasteiger partial charge on any atom is 0.237 e. The van der Waals surface area contributed by atoms with Gasteiger partial charge in [0.2, 0.25) is 11.8 Å². The molecule has 2 aliphatic heterocycles. The van der Waals surface area contributed by atoms with Crippen LogP contribution in [0, 0.1) is 0 Å². The molecule has 28 heavy (non-hydrogen) atoms. The first-order valence-electron chi connectivity index (χ1n) is 9.89. The number of hydrogen-bond acceptors (Lipinski definition) is 5. The lowest BCUT2D eigenvalue weighted by Gasteiger charge is -2.37. The van der Waals surface area contributed by atoms with Crippen molar-refractivity contribution in [3.05, 3.63) is 48.0 Å². The van der Waals surface area contributed by atoms with Gasteiger partial charge in [-0.15, -0.1) is 0 Å². The summed E-state index contributed by atoms with van der Waals surface area (Å²) in [6.07, 6.45) is 3.48. The van der Waals surface area contributed by atoms with Gasteiger partial charge in [0.15, 0.2) is 0 Å². The third-order valence-electron chi connectivity index (χ3n) is 5.71. The van der Waals surface area contributed by atoms with Crippen molar-refractivity contribution in [1.82, 2.24) is 30.3 Å². The number of piperazine rings is 1. The summed E-state index contributed by atoms with van der Waals surface area (Å²) >= 11 is 0. The minimum Gasteiger partial charge on any atom is -0.353 e. The van der Waals surface area contributed by atoms with E-state index in [9.17, 15) is 9.59 Å². The topological polar surface area (TPSA) is 94.2 Å². The minimum absolute atomic E-state index is 0.0490. The number of H-pyrrole nitrogens is 1. The molecule has 8 nitrogen and oxygen atoms in total. The Hall–Kier alpha value is -2.74. The Kier molecular flexibility index (Phi) is 5.66. The number of nitrogens with one attached hydrogen (secondary N) is 2. The van der Waals surface area contributed by atoms with Crippen LogP contribution in [0.2, 0.25) is 0 Å². The van der Waals surface area contributed by atoms with Gasteiger partial charge in [-0.2, -0.15) is 5.10 Å². The molecular formula is C20H26N6O2. The van der Waals surface area contributed by atoms with Crippen molar-refractivity contribution < 1.29 is 9.59 Å². The number of hydrogen-bond donors (Lipinski definition) is 2. The zero-order chi connectivity index (χ0) is 19.3. The molecule has 0 aliphatic carbocycles. The first kappa shape index (κ1) is 18.6. The van der Waals surface area contributed by atoms with E-state index in [1.54, 1.807) is 0 Å². The maximum absolute atomic E-state index is 12.9. The Morgan fingerprint density at radius 2 is 1.93 bits per heavy atom. The quantitative estimate of drug-likeness (QED) is 0.801. The molecule has 2 fully saturated rings. The maximum atomic E-state index is 12.9. The summed E-state index contributed by atoms with van der Waals surface area (Å²) in [6, 6.07) is 9.68. The van der Waals surface area contributed by atoms with E-state index in [-0.39, 0.29) is 18.2 Å². The number of aromatic nitrogens is 3. The molecule has 4 rings (SSSR count). The third kappa shape index (κ3) is 4.22. The van der Waals surface area contributed by atoms with Gasteiger partial charge in [0.05, 0.1) is 12.5 Å². The van der Waals surface area contributed by atoms with E-state index in [1.807, 2.05) is 23.1 Å². The van der Waals surface area contributed by atoms with Crippen molar-refractivity contribution in [3.8, 4) is 0 Å². The molecule has 3 heterocycles. The zero-order valence-electron chi connectivity index (χ0n) is 15.9. The van der Waals surface area contributed by atoms with E-state index in [4.69, 9.17) is 0 Å². The largest absolute Gasteiger partial charge is 0.353 e. The molecule has 0 saturated carbocycles. The van der Waals surface area contributed by atoms with Gasteiger partial charge in [0, 0.05) is 38.6 Å². The third-order valence-corrected chi connectivity index (χ3v) is 5.71. The Bertz CT molecular complexity index is 786. The average Bonchev–Trinajstić information content (AvgIpc) is 3.26. The van der Waals surface area contributed by atoms with Crippen LogP contribution < -0.4 is 5.32 Å². The predicted octanol–water partition coefficient (Wildman–Crippen LogP) is 0.901. The summed E-state index contributed by atoms with van der Waals surface area (Å²) in [7, 11) is 0. The first-order chi connectivity index (χ1) is 13.7. The summed E-state index contributed by atoms with van der Waals surface area (Å²) in [5, 5.41) is 9.75. The number of nitrogens with zero attached hydrogens (tertiary/aromatic N) is 4. The number of likely N-dealkylation sites (tertiary alicyclic amines) is 1. The normalized spacial score (nSPS) is 21.5. The van der Waals surface area contributed by atoms with E-state index in [0.29, 0.717) is 32.1 Å². The van der Waals surface area contributed by atoms with E-state index in [2.05, 4.69) is 37.5 Å². The molecule has 0 radical (unpaired) electrons. The monoisotopic (exact) mass is 382 g/mol. The Balaban J connectivity index is 1.35. The highest BCUT2D eigenvalue weighted by atomic mass is 16.2. The van der Waals surface area contributed by atoms with Crippen LogP contribution in [0.5, 0.6) is 0 Å². The van der Waals surface area contributed by atoms with E-state index in [0.717, 1.165) is 30.8 Å². The molecule has 2 saturated heterocycles. The van der Waals surface area contributed by atoms with Crippen molar-refractivity contribution in [1.29, 1.82) is 0 Å². The van der Waals surface area contributed by atoms with Crippen LogP contribution in [0.25, 0.3) is 0 Å². The van der Waals surface area contributed by atoms with Gasteiger partial charge >= 0.3 is 0 Å². The van der Waals surface area contributed by atoms with Crippen LogP contribution in [-0.2, 0) is 16.1 Å². The van der Waals surface area contributed by atoms with E-state index < -0.39 is 6.04 Å². The Labute approximate surface area is 164 Å². The highest BCUT2D eigenvalue weighted by Crippen LogP contribution is 2.26. The molecule has 148 valence electrons. The molecule has 8 heteroatoms. The van der Waals surface area contributed by atoms with Gasteiger partial charge in [-0.3, -0.25) is 19.6 Å². The van der Waals surface area contributed by atoms with Crippen molar-refractivity contribution >= 4 is 11.8 Å². The van der Waals surface area contributed by atoms with Crippen molar-refractivity contribution in [2.75, 3.05) is 26.2 Å². The predicted molar refractivity (Wildman–Crippen MR) is 103 cm³/mol. The zero-order valence-corrected chi connectivity index (χ0v) is 15.9. The van der Waals surface area contributed by atoms with Crippen LogP contribution in [0.3, 0.4) is 0 Å². The number of benzene rings is 1. The number of amides is 2. The molecule has 2 aliphatic rings. The molecule has 2 N–H and O–H groups in total. The molecule has 1 aromatic heterocycles. The molecular weight excluding hydrogens is 356 g/mol. The van der Waals surface area contributed by atoms with Gasteiger partial charge < -0.3 is 10.2 Å². The smallest absolute Gasteiger partial charge is 0.237 e. The Morgan fingerprint density at radius 3 is 2.64 bits per heavy atom. The lowest BCUT2D eigenvalue weighted by molar-refractivity contribution is -0.139. The second kappa shape index (κ2) is 8.52. The molecule has 0 spiro atoms. The molecule has 2 aromatic rings. The fourth-order valence-corrected chi connectivity index (χ4v) is 4.10. The van der Waals surface area contributed by atoms with E-state index >= 15 is 0 Å². The highest BCUT2D eigenvalue weighted by molar-refractivity contribution is 5.88. The summed E-state index contributed by atoms with van der Waals surface area (Å²) in [5.74, 6) is 1.22. The van der Waals surface area contributed by atoms with Crippen molar-refractivity contribution in [3.63, 3.8) is 0 Å². The fourth-order valence-electron chi connectivity index (χ4n) is 4.10. The summed E-state index contributed by atoms with van der Waals surface area (Å²) < 4.78 is 0. The van der Waals surface area contributed by atoms with Crippen LogP contribution in [-0.4, -0.2) is 69.0 Å². The van der Waals surface area contributed by atoms with Crippen LogP contribution >= 0.6 is 0 Å². The molecule has 2 amide bonds. The van der Waals surface area contributed by atoms with Gasteiger partial charge in [0.25, 0.3) is 0 Å². The SMILES string of the molecule is O=C1NCCN(Cc2ccccc2)C1CC(=O)N1CCC(c2ncn[nH]2)CC1. The van der Waals surface area contributed by atoms with Gasteiger partial charge in [-0.1, -0.05) is 30.3 Å². The lowest BCUT2D eigenvalue weighted by atomic mass is 9.95. The Morgan fingerprint density at radius 1 is 1.14 bits per heavy atom.